The van der Waals surface area contributed by atoms with Gasteiger partial charge in [0.1, 0.15) is 17.8 Å². The number of hydrogen-bond donors (Lipinski definition) is 2. The standard InChI is InChI=1S/C15H22N6O2S/c16-24(22,23)19-9-11-3-6-20(7-4-11)14-13-5-8-21(12-1-2-12)15(13)18-10-17-14/h5,8,10-12,19H,1-4,6-7,9H2,(H2,16,22,23). The minimum Gasteiger partial charge on any atom is -0.356 e. The third-order valence-electron chi connectivity index (χ3n) is 4.92. The molecule has 24 heavy (non-hydrogen) atoms. The van der Waals surface area contributed by atoms with E-state index in [2.05, 4.69) is 36.4 Å². The molecule has 0 amide bonds. The van der Waals surface area contributed by atoms with Crippen LogP contribution in [0.25, 0.3) is 11.0 Å². The van der Waals surface area contributed by atoms with E-state index in [4.69, 9.17) is 5.14 Å². The van der Waals surface area contributed by atoms with E-state index in [1.165, 1.54) is 12.8 Å². The first-order valence-corrected chi connectivity index (χ1v) is 9.90. The molecular weight excluding hydrogens is 328 g/mol. The molecule has 0 spiro atoms. The average Bonchev–Trinajstić information content (AvgIpc) is 3.31. The van der Waals surface area contributed by atoms with Crippen LogP contribution in [0.5, 0.6) is 0 Å². The second-order valence-electron chi connectivity index (χ2n) is 6.71. The highest BCUT2D eigenvalue weighted by atomic mass is 32.2. The van der Waals surface area contributed by atoms with E-state index in [1.807, 2.05) is 0 Å². The van der Waals surface area contributed by atoms with E-state index in [0.29, 0.717) is 18.5 Å². The Bertz CT molecular complexity index is 837. The summed E-state index contributed by atoms with van der Waals surface area (Å²) in [6.07, 6.45) is 8.04. The predicted octanol–water partition coefficient (Wildman–Crippen LogP) is 0.776. The predicted molar refractivity (Wildman–Crippen MR) is 91.8 cm³/mol. The Labute approximate surface area is 141 Å². The average molecular weight is 350 g/mol. The van der Waals surface area contributed by atoms with Crippen molar-refractivity contribution in [1.29, 1.82) is 0 Å². The van der Waals surface area contributed by atoms with Crippen LogP contribution in [0.3, 0.4) is 0 Å². The van der Waals surface area contributed by atoms with Crippen molar-refractivity contribution >= 4 is 27.1 Å². The normalized spacial score (nSPS) is 20.0. The zero-order chi connectivity index (χ0) is 16.7. The molecule has 1 aliphatic carbocycles. The minimum absolute atomic E-state index is 0.313. The second-order valence-corrected chi connectivity index (χ2v) is 8.09. The summed E-state index contributed by atoms with van der Waals surface area (Å²) in [5, 5.41) is 6.10. The maximum Gasteiger partial charge on any atom is 0.274 e. The zero-order valence-electron chi connectivity index (χ0n) is 13.4. The van der Waals surface area contributed by atoms with E-state index >= 15 is 0 Å². The van der Waals surface area contributed by atoms with E-state index in [0.717, 1.165) is 42.8 Å². The Morgan fingerprint density at radius 1 is 1.21 bits per heavy atom. The van der Waals surface area contributed by atoms with Gasteiger partial charge in [-0.15, -0.1) is 0 Å². The summed E-state index contributed by atoms with van der Waals surface area (Å²) < 4.78 is 26.7. The van der Waals surface area contributed by atoms with Crippen LogP contribution in [0.4, 0.5) is 5.82 Å². The van der Waals surface area contributed by atoms with Crippen molar-refractivity contribution in [3.8, 4) is 0 Å². The summed E-state index contributed by atoms with van der Waals surface area (Å²) in [4.78, 5) is 11.2. The van der Waals surface area contributed by atoms with Crippen LogP contribution in [-0.2, 0) is 10.2 Å². The summed E-state index contributed by atoms with van der Waals surface area (Å²) in [7, 11) is -3.60. The molecule has 8 nitrogen and oxygen atoms in total. The van der Waals surface area contributed by atoms with Crippen LogP contribution < -0.4 is 14.8 Å². The summed E-state index contributed by atoms with van der Waals surface area (Å²) >= 11 is 0. The van der Waals surface area contributed by atoms with E-state index in [-0.39, 0.29) is 0 Å². The van der Waals surface area contributed by atoms with Crippen LogP contribution in [0.15, 0.2) is 18.6 Å². The van der Waals surface area contributed by atoms with E-state index in [9.17, 15) is 8.42 Å². The number of nitrogens with zero attached hydrogens (tertiary/aromatic N) is 4. The van der Waals surface area contributed by atoms with Gasteiger partial charge in [0.05, 0.1) is 5.39 Å². The summed E-state index contributed by atoms with van der Waals surface area (Å²) in [6, 6.07) is 2.71. The lowest BCUT2D eigenvalue weighted by Crippen LogP contribution is -2.40. The molecule has 0 aromatic carbocycles. The lowest BCUT2D eigenvalue weighted by molar-refractivity contribution is 0.401. The molecule has 2 aliphatic rings. The molecule has 0 atom stereocenters. The Kier molecular flexibility index (Phi) is 3.93. The smallest absolute Gasteiger partial charge is 0.274 e. The van der Waals surface area contributed by atoms with Crippen LogP contribution in [-0.4, -0.2) is 42.6 Å². The summed E-state index contributed by atoms with van der Waals surface area (Å²) in [5.41, 5.74) is 1.01. The number of anilines is 1. The fourth-order valence-corrected chi connectivity index (χ4v) is 3.91. The van der Waals surface area contributed by atoms with Gasteiger partial charge in [0.15, 0.2) is 0 Å². The molecule has 2 fully saturated rings. The largest absolute Gasteiger partial charge is 0.356 e. The van der Waals surface area contributed by atoms with E-state index in [1.54, 1.807) is 6.33 Å². The van der Waals surface area contributed by atoms with Crippen LogP contribution in [0.2, 0.25) is 0 Å². The van der Waals surface area contributed by atoms with Gasteiger partial charge in [0.2, 0.25) is 0 Å². The molecule has 0 bridgehead atoms. The van der Waals surface area contributed by atoms with Crippen LogP contribution >= 0.6 is 0 Å². The van der Waals surface area contributed by atoms with Gasteiger partial charge in [-0.2, -0.15) is 8.42 Å². The Balaban J connectivity index is 1.47. The Hall–Kier alpha value is -1.71. The molecule has 2 aromatic heterocycles. The Morgan fingerprint density at radius 3 is 2.62 bits per heavy atom. The third kappa shape index (κ3) is 3.24. The fraction of sp³-hybridized carbons (Fsp3) is 0.600. The summed E-state index contributed by atoms with van der Waals surface area (Å²) in [5.74, 6) is 1.30. The maximum absolute atomic E-state index is 11.0. The molecule has 1 saturated heterocycles. The molecule has 3 heterocycles. The number of rotatable bonds is 5. The summed E-state index contributed by atoms with van der Waals surface area (Å²) in [6.45, 7) is 2.12. The highest BCUT2D eigenvalue weighted by molar-refractivity contribution is 7.87. The van der Waals surface area contributed by atoms with Gasteiger partial charge in [-0.3, -0.25) is 0 Å². The van der Waals surface area contributed by atoms with Crippen LogP contribution in [0.1, 0.15) is 31.7 Å². The number of piperidine rings is 1. The van der Waals surface area contributed by atoms with Crippen molar-refractivity contribution in [2.45, 2.75) is 31.7 Å². The molecule has 1 aliphatic heterocycles. The van der Waals surface area contributed by atoms with Crippen molar-refractivity contribution in [1.82, 2.24) is 19.3 Å². The first kappa shape index (κ1) is 15.8. The fourth-order valence-electron chi connectivity index (χ4n) is 3.44. The van der Waals surface area contributed by atoms with Crippen molar-refractivity contribution in [2.75, 3.05) is 24.5 Å². The second kappa shape index (κ2) is 5.98. The van der Waals surface area contributed by atoms with Gasteiger partial charge in [0, 0.05) is 31.9 Å². The van der Waals surface area contributed by atoms with Crippen molar-refractivity contribution in [3.05, 3.63) is 18.6 Å². The molecule has 1 saturated carbocycles. The molecular formula is C15H22N6O2S. The number of aromatic nitrogens is 3. The monoisotopic (exact) mass is 350 g/mol. The Morgan fingerprint density at radius 2 is 1.96 bits per heavy atom. The minimum atomic E-state index is -3.60. The lowest BCUT2D eigenvalue weighted by Gasteiger charge is -2.33. The van der Waals surface area contributed by atoms with Crippen molar-refractivity contribution in [3.63, 3.8) is 0 Å². The molecule has 0 unspecified atom stereocenters. The highest BCUT2D eigenvalue weighted by Crippen LogP contribution is 2.38. The molecule has 3 N–H and O–H groups in total. The van der Waals surface area contributed by atoms with Gasteiger partial charge in [0.25, 0.3) is 10.2 Å². The van der Waals surface area contributed by atoms with Gasteiger partial charge < -0.3 is 9.47 Å². The van der Waals surface area contributed by atoms with Crippen LogP contribution in [0, 0.1) is 5.92 Å². The van der Waals surface area contributed by atoms with Gasteiger partial charge in [-0.05, 0) is 37.7 Å². The van der Waals surface area contributed by atoms with Crippen molar-refractivity contribution < 1.29 is 8.42 Å². The first-order chi connectivity index (χ1) is 11.5. The lowest BCUT2D eigenvalue weighted by atomic mass is 9.97. The molecule has 2 aromatic rings. The molecule has 0 radical (unpaired) electrons. The maximum atomic E-state index is 11.0. The molecule has 4 rings (SSSR count). The number of nitrogens with two attached hydrogens (primary N) is 1. The highest BCUT2D eigenvalue weighted by Gasteiger charge is 2.27. The van der Waals surface area contributed by atoms with Gasteiger partial charge >= 0.3 is 0 Å². The van der Waals surface area contributed by atoms with Crippen molar-refractivity contribution in [2.24, 2.45) is 11.1 Å². The number of nitrogens with one attached hydrogen (secondary N) is 1. The quantitative estimate of drug-likeness (QED) is 0.829. The van der Waals surface area contributed by atoms with Gasteiger partial charge in [-0.1, -0.05) is 0 Å². The topological polar surface area (TPSA) is 106 Å². The molecule has 130 valence electrons. The van der Waals surface area contributed by atoms with E-state index < -0.39 is 10.2 Å². The third-order valence-corrected chi connectivity index (χ3v) is 5.48. The number of hydrogen-bond acceptors (Lipinski definition) is 5. The molecule has 9 heteroatoms. The SMILES string of the molecule is NS(=O)(=O)NCC1CCN(c2ncnc3c2ccn3C2CC2)CC1. The zero-order valence-corrected chi connectivity index (χ0v) is 14.2. The first-order valence-electron chi connectivity index (χ1n) is 8.35. The number of fused-ring (bicyclic) bond motifs is 1. The van der Waals surface area contributed by atoms with Gasteiger partial charge in [-0.25, -0.2) is 19.8 Å².